The fourth-order valence-corrected chi connectivity index (χ4v) is 3.00. The summed E-state index contributed by atoms with van der Waals surface area (Å²) in [5.74, 6) is 2.49. The fourth-order valence-electron chi connectivity index (χ4n) is 2.76. The number of nitrogens with zero attached hydrogens (tertiary/aromatic N) is 3. The molecule has 0 bridgehead atoms. The first kappa shape index (κ1) is 19.6. The molecule has 3 rings (SSSR count). The second-order valence-corrected chi connectivity index (χ2v) is 7.24. The Bertz CT molecular complexity index is 751. The number of thiocarbonyl (C=S) groups is 1. The van der Waals surface area contributed by atoms with Crippen LogP contribution in [-0.4, -0.2) is 52.4 Å². The quantitative estimate of drug-likeness (QED) is 0.755. The van der Waals surface area contributed by atoms with Crippen LogP contribution in [-0.2, 0) is 11.3 Å². The number of aryl methyl sites for hydroxylation is 1. The van der Waals surface area contributed by atoms with Gasteiger partial charge >= 0.3 is 0 Å². The molecule has 27 heavy (non-hydrogen) atoms. The van der Waals surface area contributed by atoms with Gasteiger partial charge in [-0.2, -0.15) is 4.98 Å². The summed E-state index contributed by atoms with van der Waals surface area (Å²) < 4.78 is 17.0. The molecule has 1 N–H and O–H groups in total. The number of aromatic nitrogens is 2. The van der Waals surface area contributed by atoms with Crippen LogP contribution in [0, 0.1) is 6.92 Å². The smallest absolute Gasteiger partial charge is 0.216 e. The molecule has 0 spiro atoms. The lowest BCUT2D eigenvalue weighted by Gasteiger charge is -2.34. The largest absolute Gasteiger partial charge is 0.475 e. The molecule has 3 heterocycles. The van der Waals surface area contributed by atoms with Crippen molar-refractivity contribution < 1.29 is 13.9 Å². The van der Waals surface area contributed by atoms with Gasteiger partial charge < -0.3 is 24.1 Å². The Morgan fingerprint density at radius 3 is 3.04 bits per heavy atom. The highest BCUT2D eigenvalue weighted by Crippen LogP contribution is 2.16. The van der Waals surface area contributed by atoms with Crippen LogP contribution in [0.1, 0.15) is 37.0 Å². The molecule has 0 radical (unpaired) electrons. The molecule has 1 aliphatic heterocycles. The molecule has 0 aliphatic carbocycles. The van der Waals surface area contributed by atoms with Crippen molar-refractivity contribution in [2.45, 2.75) is 39.3 Å². The van der Waals surface area contributed by atoms with E-state index < -0.39 is 0 Å². The fraction of sp³-hybridized carbons (Fsp3) is 0.526. The van der Waals surface area contributed by atoms with E-state index in [0.717, 1.165) is 23.8 Å². The lowest BCUT2D eigenvalue weighted by atomic mass is 10.2. The van der Waals surface area contributed by atoms with Gasteiger partial charge in [-0.3, -0.25) is 0 Å². The van der Waals surface area contributed by atoms with E-state index in [9.17, 15) is 0 Å². The van der Waals surface area contributed by atoms with Gasteiger partial charge in [-0.1, -0.05) is 13.8 Å². The highest BCUT2D eigenvalue weighted by atomic mass is 32.1. The Balaban J connectivity index is 1.50. The number of nitrogens with one attached hydrogen (secondary N) is 1. The van der Waals surface area contributed by atoms with Crippen molar-refractivity contribution in [2.75, 3.05) is 26.3 Å². The van der Waals surface area contributed by atoms with E-state index >= 15 is 0 Å². The average molecular weight is 391 g/mol. The minimum atomic E-state index is -0.0696. The molecule has 7 nitrogen and oxygen atoms in total. The van der Waals surface area contributed by atoms with Crippen molar-refractivity contribution in [1.29, 1.82) is 0 Å². The van der Waals surface area contributed by atoms with E-state index in [1.165, 1.54) is 0 Å². The van der Waals surface area contributed by atoms with Crippen molar-refractivity contribution in [2.24, 2.45) is 0 Å². The van der Waals surface area contributed by atoms with Gasteiger partial charge in [0.2, 0.25) is 5.88 Å². The number of morpholine rings is 1. The number of furan rings is 1. The van der Waals surface area contributed by atoms with Crippen LogP contribution in [0.3, 0.4) is 0 Å². The van der Waals surface area contributed by atoms with Gasteiger partial charge in [-0.25, -0.2) is 4.98 Å². The molecule has 8 heteroatoms. The second kappa shape index (κ2) is 9.14. The third kappa shape index (κ3) is 5.64. The molecule has 1 fully saturated rings. The number of hydrogen-bond acceptors (Lipinski definition) is 6. The monoisotopic (exact) mass is 390 g/mol. The summed E-state index contributed by atoms with van der Waals surface area (Å²) in [6.07, 6.45) is 1.58. The zero-order valence-corrected chi connectivity index (χ0v) is 16.8. The van der Waals surface area contributed by atoms with Gasteiger partial charge in [0.25, 0.3) is 0 Å². The van der Waals surface area contributed by atoms with Gasteiger partial charge in [0, 0.05) is 30.8 Å². The molecular weight excluding hydrogens is 364 g/mol. The van der Waals surface area contributed by atoms with E-state index in [2.05, 4.69) is 34.0 Å². The maximum Gasteiger partial charge on any atom is 0.216 e. The molecule has 0 aromatic carbocycles. The van der Waals surface area contributed by atoms with E-state index in [4.69, 9.17) is 26.1 Å². The first-order valence-corrected chi connectivity index (χ1v) is 9.57. The Morgan fingerprint density at radius 2 is 2.30 bits per heavy atom. The Hall–Kier alpha value is -2.19. The minimum Gasteiger partial charge on any atom is -0.475 e. The van der Waals surface area contributed by atoms with Gasteiger partial charge in [0.05, 0.1) is 19.4 Å². The van der Waals surface area contributed by atoms with E-state index in [-0.39, 0.29) is 12.0 Å². The zero-order valence-electron chi connectivity index (χ0n) is 16.0. The third-order valence-corrected chi connectivity index (χ3v) is 4.60. The average Bonchev–Trinajstić information content (AvgIpc) is 3.18. The van der Waals surface area contributed by atoms with Gasteiger partial charge in [0.15, 0.2) is 5.11 Å². The van der Waals surface area contributed by atoms with Crippen LogP contribution in [0.2, 0.25) is 0 Å². The standard InChI is InChI=1S/C19H26N4O3S/c1-13(2)18-21-14(3)9-17(22-18)26-12-16-11-23(6-8-25-16)19(27)20-10-15-5-4-7-24-15/h4-5,7,9,13,16H,6,8,10-12H2,1-3H3,(H,20,27). The lowest BCUT2D eigenvalue weighted by Crippen LogP contribution is -2.50. The molecule has 0 amide bonds. The molecular formula is C19H26N4O3S. The molecule has 1 aliphatic rings. The van der Waals surface area contributed by atoms with Crippen molar-refractivity contribution in [1.82, 2.24) is 20.2 Å². The summed E-state index contributed by atoms with van der Waals surface area (Å²) in [7, 11) is 0. The minimum absolute atomic E-state index is 0.0696. The molecule has 2 aromatic rings. The Labute approximate surface area is 165 Å². The molecule has 2 aromatic heterocycles. The number of rotatable bonds is 6. The first-order valence-electron chi connectivity index (χ1n) is 9.16. The zero-order chi connectivity index (χ0) is 19.2. The summed E-state index contributed by atoms with van der Waals surface area (Å²) in [4.78, 5) is 11.0. The van der Waals surface area contributed by atoms with Gasteiger partial charge in [-0.15, -0.1) is 0 Å². The predicted octanol–water partition coefficient (Wildman–Crippen LogP) is 2.66. The molecule has 1 unspecified atom stereocenters. The van der Waals surface area contributed by atoms with Crippen LogP contribution in [0.4, 0.5) is 0 Å². The SMILES string of the molecule is Cc1cc(OCC2CN(C(=S)NCc3ccco3)CCO2)nc(C(C)C)n1. The summed E-state index contributed by atoms with van der Waals surface area (Å²) >= 11 is 5.50. The summed E-state index contributed by atoms with van der Waals surface area (Å²) in [5.41, 5.74) is 0.901. The van der Waals surface area contributed by atoms with Gasteiger partial charge in [0.1, 0.15) is 24.3 Å². The normalized spacial score (nSPS) is 17.2. The first-order chi connectivity index (χ1) is 13.0. The van der Waals surface area contributed by atoms with E-state index in [1.807, 2.05) is 25.1 Å². The summed E-state index contributed by atoms with van der Waals surface area (Å²) in [6.45, 7) is 9.11. The molecule has 146 valence electrons. The predicted molar refractivity (Wildman–Crippen MR) is 106 cm³/mol. The van der Waals surface area contributed by atoms with E-state index in [0.29, 0.717) is 37.3 Å². The van der Waals surface area contributed by atoms with Crippen LogP contribution >= 0.6 is 12.2 Å². The maximum absolute atomic E-state index is 5.88. The van der Waals surface area contributed by atoms with Crippen molar-refractivity contribution >= 4 is 17.3 Å². The highest BCUT2D eigenvalue weighted by molar-refractivity contribution is 7.80. The molecule has 1 atom stereocenters. The van der Waals surface area contributed by atoms with Gasteiger partial charge in [-0.05, 0) is 31.3 Å². The van der Waals surface area contributed by atoms with Crippen LogP contribution in [0.5, 0.6) is 5.88 Å². The van der Waals surface area contributed by atoms with E-state index in [1.54, 1.807) is 6.26 Å². The Morgan fingerprint density at radius 1 is 1.44 bits per heavy atom. The maximum atomic E-state index is 5.88. The van der Waals surface area contributed by atoms with Crippen molar-refractivity contribution in [3.05, 3.63) is 41.7 Å². The molecule has 0 saturated carbocycles. The topological polar surface area (TPSA) is 72.7 Å². The highest BCUT2D eigenvalue weighted by Gasteiger charge is 2.23. The Kier molecular flexibility index (Phi) is 6.63. The van der Waals surface area contributed by atoms with Crippen LogP contribution in [0.15, 0.2) is 28.9 Å². The summed E-state index contributed by atoms with van der Waals surface area (Å²) in [5, 5.41) is 3.92. The van der Waals surface area contributed by atoms with Crippen LogP contribution < -0.4 is 10.1 Å². The van der Waals surface area contributed by atoms with Crippen LogP contribution in [0.25, 0.3) is 0 Å². The number of ether oxygens (including phenoxy) is 2. The lowest BCUT2D eigenvalue weighted by molar-refractivity contribution is -0.0296. The summed E-state index contributed by atoms with van der Waals surface area (Å²) in [6, 6.07) is 5.63. The third-order valence-electron chi connectivity index (χ3n) is 4.20. The number of hydrogen-bond donors (Lipinski definition) is 1. The second-order valence-electron chi connectivity index (χ2n) is 6.85. The van der Waals surface area contributed by atoms with Crippen molar-refractivity contribution in [3.8, 4) is 5.88 Å². The van der Waals surface area contributed by atoms with Crippen molar-refractivity contribution in [3.63, 3.8) is 0 Å². The molecule has 1 saturated heterocycles.